The first-order valence-corrected chi connectivity index (χ1v) is 11.8. The minimum Gasteiger partial charge on any atom is -0.479 e. The van der Waals surface area contributed by atoms with Crippen molar-refractivity contribution in [2.45, 2.75) is 69.7 Å². The number of aliphatic carboxylic acids is 1. The minimum absolute atomic E-state index is 0.0379. The molecule has 2 aliphatic carbocycles. The zero-order valence-electron chi connectivity index (χ0n) is 19.2. The number of likely N-dealkylation sites (tertiary alicyclic amines) is 1. The molecule has 178 valence electrons. The molecule has 2 saturated carbocycles. The number of benzene rings is 1. The number of carboxylic acids is 1. The highest BCUT2D eigenvalue weighted by atomic mass is 16.6. The van der Waals surface area contributed by atoms with Gasteiger partial charge in [0.2, 0.25) is 0 Å². The summed E-state index contributed by atoms with van der Waals surface area (Å²) >= 11 is 0. The third-order valence-electron chi connectivity index (χ3n) is 7.24. The van der Waals surface area contributed by atoms with Crippen molar-refractivity contribution in [3.63, 3.8) is 0 Å². The summed E-state index contributed by atoms with van der Waals surface area (Å²) in [6.45, 7) is 3.17. The molecule has 0 aromatic heterocycles. The summed E-state index contributed by atoms with van der Waals surface area (Å²) in [5, 5.41) is 27.4. The van der Waals surface area contributed by atoms with E-state index < -0.39 is 23.6 Å². The van der Waals surface area contributed by atoms with Crippen molar-refractivity contribution in [1.82, 2.24) is 4.90 Å². The van der Waals surface area contributed by atoms with E-state index in [2.05, 4.69) is 11.9 Å². The van der Waals surface area contributed by atoms with Crippen LogP contribution in [0.5, 0.6) is 0 Å². The van der Waals surface area contributed by atoms with Crippen molar-refractivity contribution in [2.24, 2.45) is 17.8 Å². The van der Waals surface area contributed by atoms with Crippen LogP contribution in [-0.4, -0.2) is 64.5 Å². The molecule has 1 aromatic carbocycles. The maximum Gasteiger partial charge on any atom is 0.343 e. The van der Waals surface area contributed by atoms with E-state index in [0.717, 1.165) is 51.6 Å². The maximum absolute atomic E-state index is 13.3. The lowest BCUT2D eigenvalue weighted by Crippen LogP contribution is -2.54. The number of piperidine rings is 1. The van der Waals surface area contributed by atoms with E-state index in [1.807, 2.05) is 30.3 Å². The van der Waals surface area contributed by atoms with Gasteiger partial charge in [0.25, 0.3) is 0 Å². The monoisotopic (exact) mass is 447 g/mol. The molecule has 4 atom stereocenters. The lowest BCUT2D eigenvalue weighted by Gasteiger charge is -2.46. The van der Waals surface area contributed by atoms with Gasteiger partial charge in [-0.15, -0.1) is 0 Å². The topological polar surface area (TPSA) is 107 Å². The molecule has 1 aliphatic heterocycles. The number of hydrogen-bond donors (Lipinski definition) is 3. The summed E-state index contributed by atoms with van der Waals surface area (Å²) < 4.78 is 6.12. The third-order valence-corrected chi connectivity index (χ3v) is 7.24. The quantitative estimate of drug-likeness (QED) is 0.596. The Morgan fingerprint density at radius 3 is 2.06 bits per heavy atom. The van der Waals surface area contributed by atoms with E-state index in [4.69, 9.17) is 14.9 Å². The van der Waals surface area contributed by atoms with Crippen molar-refractivity contribution in [3.05, 3.63) is 35.9 Å². The molecule has 4 rings (SSSR count). The molecule has 2 bridgehead atoms. The van der Waals surface area contributed by atoms with Crippen LogP contribution in [0.2, 0.25) is 0 Å². The molecule has 3 unspecified atom stereocenters. The molecule has 1 heterocycles. The van der Waals surface area contributed by atoms with Gasteiger partial charge in [-0.05, 0) is 45.2 Å². The van der Waals surface area contributed by atoms with E-state index >= 15 is 0 Å². The van der Waals surface area contributed by atoms with Crippen LogP contribution >= 0.6 is 0 Å². The van der Waals surface area contributed by atoms with Gasteiger partial charge in [-0.2, -0.15) is 0 Å². The van der Waals surface area contributed by atoms with Crippen LogP contribution < -0.4 is 0 Å². The first kappa shape index (κ1) is 24.7. The van der Waals surface area contributed by atoms with Crippen LogP contribution in [0.1, 0.15) is 57.4 Å². The van der Waals surface area contributed by atoms with Crippen molar-refractivity contribution >= 4 is 11.9 Å². The van der Waals surface area contributed by atoms with E-state index in [9.17, 15) is 14.7 Å². The number of nitrogens with zero attached hydrogens (tertiary/aromatic N) is 1. The summed E-state index contributed by atoms with van der Waals surface area (Å²) in [5.74, 6) is -0.833. The Hall–Kier alpha value is -1.96. The van der Waals surface area contributed by atoms with Crippen LogP contribution in [-0.2, 0) is 19.9 Å². The molecular weight excluding hydrogens is 410 g/mol. The smallest absolute Gasteiger partial charge is 0.343 e. The number of aliphatic hydroxyl groups excluding tert-OH is 1. The van der Waals surface area contributed by atoms with Crippen LogP contribution in [0.3, 0.4) is 0 Å². The highest BCUT2D eigenvalue weighted by Crippen LogP contribution is 2.43. The van der Waals surface area contributed by atoms with Gasteiger partial charge < -0.3 is 25.0 Å². The highest BCUT2D eigenvalue weighted by Gasteiger charge is 2.50. The lowest BCUT2D eigenvalue weighted by atomic mass is 9.75. The second kappa shape index (κ2) is 10.8. The van der Waals surface area contributed by atoms with Gasteiger partial charge in [-0.25, -0.2) is 9.59 Å². The molecule has 7 heteroatoms. The van der Waals surface area contributed by atoms with Crippen molar-refractivity contribution in [2.75, 3.05) is 20.1 Å². The summed E-state index contributed by atoms with van der Waals surface area (Å²) in [6.07, 6.45) is 6.12. The Labute approximate surface area is 190 Å². The fourth-order valence-corrected chi connectivity index (χ4v) is 5.58. The van der Waals surface area contributed by atoms with Crippen molar-refractivity contribution in [1.29, 1.82) is 0 Å². The molecule has 3 aliphatic rings. The van der Waals surface area contributed by atoms with Gasteiger partial charge in [-0.1, -0.05) is 49.6 Å². The summed E-state index contributed by atoms with van der Waals surface area (Å²) in [6, 6.07) is 9.45. The molecule has 1 aromatic rings. The van der Waals surface area contributed by atoms with E-state index in [1.165, 1.54) is 13.3 Å². The molecule has 0 amide bonds. The number of carbonyl (C=O) groups excluding carboxylic acids is 1. The fraction of sp³-hybridized carbons (Fsp3) is 0.680. The van der Waals surface area contributed by atoms with E-state index in [-0.39, 0.29) is 12.0 Å². The van der Waals surface area contributed by atoms with E-state index in [0.29, 0.717) is 17.4 Å². The first-order chi connectivity index (χ1) is 15.2. The maximum atomic E-state index is 13.3. The second-order valence-corrected chi connectivity index (χ2v) is 9.67. The third kappa shape index (κ3) is 5.50. The Balaban J connectivity index is 0.000000427. The van der Waals surface area contributed by atoms with Gasteiger partial charge in [0, 0.05) is 30.8 Å². The number of hydrogen-bond acceptors (Lipinski definition) is 6. The minimum atomic E-state index is -1.50. The standard InChI is InChI=1S/C22H31NO3.C3H6O3/c1-23-14-16-8-7-9-17(15-23)20(16)26-21(24)22(25,19-12-5-6-13-19)18-10-3-2-4-11-18;1-2(4)3(5)6/h2-4,10-11,16-17,19-20,25H,5-9,12-15H2,1H3;2,4H,1H3,(H,5,6)/t16?,17?,20?,22-;/m0./s1. The van der Waals surface area contributed by atoms with Crippen LogP contribution in [0, 0.1) is 17.8 Å². The summed E-state index contributed by atoms with van der Waals surface area (Å²) in [7, 11) is 2.15. The number of carbonyl (C=O) groups is 2. The molecule has 0 spiro atoms. The lowest BCUT2D eigenvalue weighted by molar-refractivity contribution is -0.191. The number of ether oxygens (including phenoxy) is 1. The molecule has 3 fully saturated rings. The Morgan fingerprint density at radius 2 is 1.56 bits per heavy atom. The van der Waals surface area contributed by atoms with Gasteiger partial charge in [0.05, 0.1) is 0 Å². The van der Waals surface area contributed by atoms with Crippen LogP contribution in [0.4, 0.5) is 0 Å². The van der Waals surface area contributed by atoms with Crippen molar-refractivity contribution < 1.29 is 29.6 Å². The van der Waals surface area contributed by atoms with Gasteiger partial charge in [-0.3, -0.25) is 0 Å². The van der Waals surface area contributed by atoms with Crippen LogP contribution in [0.15, 0.2) is 30.3 Å². The predicted molar refractivity (Wildman–Crippen MR) is 120 cm³/mol. The Kier molecular flexibility index (Phi) is 8.31. The molecule has 1 saturated heterocycles. The Morgan fingerprint density at radius 1 is 1.03 bits per heavy atom. The molecule has 32 heavy (non-hydrogen) atoms. The fourth-order valence-electron chi connectivity index (χ4n) is 5.58. The zero-order chi connectivity index (χ0) is 23.3. The number of carboxylic acid groups (broad SMARTS) is 1. The van der Waals surface area contributed by atoms with Crippen molar-refractivity contribution in [3.8, 4) is 0 Å². The zero-order valence-corrected chi connectivity index (χ0v) is 19.2. The molecule has 0 radical (unpaired) electrons. The average Bonchev–Trinajstić information content (AvgIpc) is 3.30. The largest absolute Gasteiger partial charge is 0.479 e. The molecule has 3 N–H and O–H groups in total. The SMILES string of the molecule is CC(O)C(=O)O.CN1CC2CCCC(C1)C2OC(=O)[C@](O)(c1ccccc1)C1CCCC1. The summed E-state index contributed by atoms with van der Waals surface area (Å²) in [4.78, 5) is 25.2. The molecule has 7 nitrogen and oxygen atoms in total. The number of fused-ring (bicyclic) bond motifs is 2. The second-order valence-electron chi connectivity index (χ2n) is 9.67. The van der Waals surface area contributed by atoms with E-state index in [1.54, 1.807) is 0 Å². The van der Waals surface area contributed by atoms with Gasteiger partial charge in [0.15, 0.2) is 5.60 Å². The normalized spacial score (nSPS) is 28.7. The summed E-state index contributed by atoms with van der Waals surface area (Å²) in [5.41, 5.74) is -0.815. The number of esters is 1. The van der Waals surface area contributed by atoms with Gasteiger partial charge in [0.1, 0.15) is 12.2 Å². The average molecular weight is 448 g/mol. The first-order valence-electron chi connectivity index (χ1n) is 11.8. The number of rotatable bonds is 5. The predicted octanol–water partition coefficient (Wildman–Crippen LogP) is 2.79. The number of aliphatic hydroxyl groups is 2. The highest BCUT2D eigenvalue weighted by molar-refractivity contribution is 5.82. The Bertz CT molecular complexity index is 749. The van der Waals surface area contributed by atoms with Gasteiger partial charge >= 0.3 is 11.9 Å². The van der Waals surface area contributed by atoms with Crippen LogP contribution in [0.25, 0.3) is 0 Å². The molecular formula is C25H37NO6.